The highest BCUT2D eigenvalue weighted by molar-refractivity contribution is 5.21. The van der Waals surface area contributed by atoms with E-state index < -0.39 is 0 Å². The van der Waals surface area contributed by atoms with Crippen LogP contribution in [0.5, 0.6) is 0 Å². The fraction of sp³-hybridized carbons (Fsp3) is 0.600. The van der Waals surface area contributed by atoms with Crippen LogP contribution >= 0.6 is 0 Å². The van der Waals surface area contributed by atoms with E-state index in [2.05, 4.69) is 55.7 Å². The van der Waals surface area contributed by atoms with Crippen LogP contribution in [0.2, 0.25) is 0 Å². The average molecular weight is 234 g/mol. The van der Waals surface area contributed by atoms with Gasteiger partial charge < -0.3 is 10.6 Å². The largest absolute Gasteiger partial charge is 0.315 e. The topological polar surface area (TPSA) is 24.1 Å². The molecule has 0 amide bonds. The van der Waals surface area contributed by atoms with Crippen molar-refractivity contribution in [3.8, 4) is 0 Å². The third-order valence-electron chi connectivity index (χ3n) is 2.74. The Hall–Kier alpha value is -0.860. The molecule has 96 valence electrons. The third kappa shape index (κ3) is 7.14. The van der Waals surface area contributed by atoms with Crippen LogP contribution < -0.4 is 10.6 Å². The van der Waals surface area contributed by atoms with Crippen LogP contribution in [-0.2, 0) is 6.42 Å². The Bertz CT molecular complexity index is 290. The quantitative estimate of drug-likeness (QED) is 0.675. The molecule has 1 aromatic rings. The zero-order chi connectivity index (χ0) is 12.5. The Labute approximate surface area is 106 Å². The molecule has 0 fully saturated rings. The van der Waals surface area contributed by atoms with Gasteiger partial charge in [0.2, 0.25) is 0 Å². The van der Waals surface area contributed by atoms with Gasteiger partial charge in [0.1, 0.15) is 0 Å². The van der Waals surface area contributed by atoms with Crippen molar-refractivity contribution < 1.29 is 0 Å². The number of rotatable bonds is 8. The van der Waals surface area contributed by atoms with Gasteiger partial charge in [-0.25, -0.2) is 0 Å². The molecule has 0 heterocycles. The van der Waals surface area contributed by atoms with E-state index in [4.69, 9.17) is 0 Å². The van der Waals surface area contributed by atoms with Gasteiger partial charge in [-0.3, -0.25) is 0 Å². The summed E-state index contributed by atoms with van der Waals surface area (Å²) in [6.45, 7) is 10.9. The van der Waals surface area contributed by atoms with Crippen LogP contribution in [0.15, 0.2) is 24.3 Å². The van der Waals surface area contributed by atoms with E-state index in [0.717, 1.165) is 38.5 Å². The van der Waals surface area contributed by atoms with Gasteiger partial charge >= 0.3 is 0 Å². The zero-order valence-corrected chi connectivity index (χ0v) is 11.4. The molecule has 0 spiro atoms. The summed E-state index contributed by atoms with van der Waals surface area (Å²) in [5.41, 5.74) is 2.75. The van der Waals surface area contributed by atoms with Crippen LogP contribution in [-0.4, -0.2) is 26.2 Å². The van der Waals surface area contributed by atoms with Crippen molar-refractivity contribution in [3.05, 3.63) is 35.4 Å². The lowest BCUT2D eigenvalue weighted by atomic mass is 10.1. The monoisotopic (exact) mass is 234 g/mol. The number of hydrogen-bond acceptors (Lipinski definition) is 2. The summed E-state index contributed by atoms with van der Waals surface area (Å²) in [6, 6.07) is 8.79. The average Bonchev–Trinajstić information content (AvgIpc) is 2.30. The van der Waals surface area contributed by atoms with E-state index in [1.54, 1.807) is 0 Å². The zero-order valence-electron chi connectivity index (χ0n) is 11.4. The first-order chi connectivity index (χ1) is 8.18. The summed E-state index contributed by atoms with van der Waals surface area (Å²) < 4.78 is 0. The van der Waals surface area contributed by atoms with Gasteiger partial charge in [0.25, 0.3) is 0 Å². The minimum absolute atomic E-state index is 0.738. The van der Waals surface area contributed by atoms with Gasteiger partial charge in [0, 0.05) is 13.1 Å². The maximum Gasteiger partial charge on any atom is 0.00768 e. The van der Waals surface area contributed by atoms with Crippen molar-refractivity contribution >= 4 is 0 Å². The Morgan fingerprint density at radius 1 is 0.941 bits per heavy atom. The molecule has 2 nitrogen and oxygen atoms in total. The summed E-state index contributed by atoms with van der Waals surface area (Å²) in [7, 11) is 0. The molecule has 0 aromatic heterocycles. The molecule has 1 rings (SSSR count). The van der Waals surface area contributed by atoms with Crippen molar-refractivity contribution in [2.24, 2.45) is 5.92 Å². The molecule has 17 heavy (non-hydrogen) atoms. The summed E-state index contributed by atoms with van der Waals surface area (Å²) in [6.07, 6.45) is 1.12. The number of benzene rings is 1. The normalized spacial score (nSPS) is 11.1. The van der Waals surface area contributed by atoms with E-state index >= 15 is 0 Å². The minimum Gasteiger partial charge on any atom is -0.315 e. The second-order valence-electron chi connectivity index (χ2n) is 5.08. The fourth-order valence-electron chi connectivity index (χ4n) is 1.68. The van der Waals surface area contributed by atoms with E-state index in [1.165, 1.54) is 11.1 Å². The lowest BCUT2D eigenvalue weighted by Gasteiger charge is -2.08. The second-order valence-corrected chi connectivity index (χ2v) is 5.08. The molecule has 0 bridgehead atoms. The molecule has 0 atom stereocenters. The van der Waals surface area contributed by atoms with Gasteiger partial charge in [-0.05, 0) is 37.9 Å². The third-order valence-corrected chi connectivity index (χ3v) is 2.74. The molecule has 0 aliphatic heterocycles. The molecule has 0 aliphatic rings. The number of nitrogens with one attached hydrogen (secondary N) is 2. The summed E-state index contributed by atoms with van der Waals surface area (Å²) in [5, 5.41) is 6.89. The van der Waals surface area contributed by atoms with Crippen LogP contribution in [0.25, 0.3) is 0 Å². The first-order valence-electron chi connectivity index (χ1n) is 6.65. The Kier molecular flexibility index (Phi) is 6.90. The van der Waals surface area contributed by atoms with Crippen molar-refractivity contribution in [2.45, 2.75) is 27.2 Å². The van der Waals surface area contributed by atoms with Gasteiger partial charge in [-0.1, -0.05) is 43.7 Å². The molecule has 2 N–H and O–H groups in total. The van der Waals surface area contributed by atoms with E-state index in [0.29, 0.717) is 0 Å². The Morgan fingerprint density at radius 3 is 2.24 bits per heavy atom. The standard InChI is InChI=1S/C15H26N2/c1-13(2)12-17-11-10-16-9-8-15-6-4-14(3)5-7-15/h4-7,13,16-17H,8-12H2,1-3H3. The van der Waals surface area contributed by atoms with E-state index in [9.17, 15) is 0 Å². The van der Waals surface area contributed by atoms with Crippen LogP contribution in [0.1, 0.15) is 25.0 Å². The molecular weight excluding hydrogens is 208 g/mol. The van der Waals surface area contributed by atoms with Gasteiger partial charge in [0.05, 0.1) is 0 Å². The molecule has 1 aromatic carbocycles. The molecular formula is C15H26N2. The molecule has 0 saturated carbocycles. The highest BCUT2D eigenvalue weighted by Crippen LogP contribution is 2.02. The predicted molar refractivity (Wildman–Crippen MR) is 75.5 cm³/mol. The van der Waals surface area contributed by atoms with Crippen molar-refractivity contribution in [3.63, 3.8) is 0 Å². The van der Waals surface area contributed by atoms with E-state index in [1.807, 2.05) is 0 Å². The summed E-state index contributed by atoms with van der Waals surface area (Å²) >= 11 is 0. The summed E-state index contributed by atoms with van der Waals surface area (Å²) in [4.78, 5) is 0. The smallest absolute Gasteiger partial charge is 0.00768 e. The van der Waals surface area contributed by atoms with Crippen LogP contribution in [0.3, 0.4) is 0 Å². The Balaban J connectivity index is 1.99. The lowest BCUT2D eigenvalue weighted by Crippen LogP contribution is -2.30. The molecule has 0 aliphatic carbocycles. The van der Waals surface area contributed by atoms with Crippen molar-refractivity contribution in [1.82, 2.24) is 10.6 Å². The number of aryl methyl sites for hydroxylation is 1. The highest BCUT2D eigenvalue weighted by Gasteiger charge is 1.94. The van der Waals surface area contributed by atoms with Crippen LogP contribution in [0, 0.1) is 12.8 Å². The molecule has 0 saturated heterocycles. The lowest BCUT2D eigenvalue weighted by molar-refractivity contribution is 0.536. The van der Waals surface area contributed by atoms with Gasteiger partial charge in [-0.2, -0.15) is 0 Å². The van der Waals surface area contributed by atoms with E-state index in [-0.39, 0.29) is 0 Å². The first-order valence-corrected chi connectivity index (χ1v) is 6.65. The molecule has 0 unspecified atom stereocenters. The van der Waals surface area contributed by atoms with Crippen molar-refractivity contribution in [1.29, 1.82) is 0 Å². The fourth-order valence-corrected chi connectivity index (χ4v) is 1.68. The minimum atomic E-state index is 0.738. The maximum atomic E-state index is 3.46. The molecule has 2 heteroatoms. The second kappa shape index (κ2) is 8.26. The Morgan fingerprint density at radius 2 is 1.59 bits per heavy atom. The summed E-state index contributed by atoms with van der Waals surface area (Å²) in [5.74, 6) is 0.738. The SMILES string of the molecule is Cc1ccc(CCNCCNCC(C)C)cc1. The first kappa shape index (κ1) is 14.2. The molecule has 0 radical (unpaired) electrons. The van der Waals surface area contributed by atoms with Crippen molar-refractivity contribution in [2.75, 3.05) is 26.2 Å². The number of hydrogen-bond donors (Lipinski definition) is 2. The highest BCUT2D eigenvalue weighted by atomic mass is 14.9. The maximum absolute atomic E-state index is 3.46. The van der Waals surface area contributed by atoms with Gasteiger partial charge in [0.15, 0.2) is 0 Å². The predicted octanol–water partition coefficient (Wildman–Crippen LogP) is 2.37. The van der Waals surface area contributed by atoms with Crippen LogP contribution in [0.4, 0.5) is 0 Å². The van der Waals surface area contributed by atoms with Gasteiger partial charge in [-0.15, -0.1) is 0 Å².